The van der Waals surface area contributed by atoms with Gasteiger partial charge in [-0.05, 0) is 48.9 Å². The van der Waals surface area contributed by atoms with Crippen LogP contribution in [0.1, 0.15) is 42.1 Å². The van der Waals surface area contributed by atoms with Crippen molar-refractivity contribution in [3.8, 4) is 0 Å². The molecule has 2 unspecified atom stereocenters. The van der Waals surface area contributed by atoms with E-state index in [2.05, 4.69) is 17.7 Å². The Hall–Kier alpha value is -1.55. The van der Waals surface area contributed by atoms with E-state index in [1.54, 1.807) is 6.07 Å². The summed E-state index contributed by atoms with van der Waals surface area (Å²) >= 11 is 0. The lowest BCUT2D eigenvalue weighted by Crippen LogP contribution is -2.30. The van der Waals surface area contributed by atoms with Gasteiger partial charge >= 0.3 is 0 Å². The first-order valence-corrected chi connectivity index (χ1v) is 6.97. The van der Waals surface area contributed by atoms with E-state index in [1.165, 1.54) is 19.3 Å². The summed E-state index contributed by atoms with van der Waals surface area (Å²) in [6, 6.07) is 5.50. The maximum absolute atomic E-state index is 12.1. The Morgan fingerprint density at radius 2 is 2.21 bits per heavy atom. The number of hydrazine groups is 1. The average molecular weight is 261 g/mol. The van der Waals surface area contributed by atoms with Gasteiger partial charge in [0.25, 0.3) is 5.91 Å². The van der Waals surface area contributed by atoms with Crippen LogP contribution in [-0.4, -0.2) is 12.5 Å². The van der Waals surface area contributed by atoms with Gasteiger partial charge in [-0.25, -0.2) is 0 Å². The first-order chi connectivity index (χ1) is 9.11. The molecular weight excluding hydrogens is 238 g/mol. The molecule has 19 heavy (non-hydrogen) atoms. The van der Waals surface area contributed by atoms with Gasteiger partial charge in [-0.15, -0.1) is 0 Å². The predicted molar refractivity (Wildman–Crippen MR) is 77.8 cm³/mol. The summed E-state index contributed by atoms with van der Waals surface area (Å²) < 4.78 is 0. The minimum atomic E-state index is 0.00534. The van der Waals surface area contributed by atoms with Crippen molar-refractivity contribution in [3.05, 3.63) is 29.3 Å². The van der Waals surface area contributed by atoms with E-state index in [-0.39, 0.29) is 5.91 Å². The highest BCUT2D eigenvalue weighted by atomic mass is 16.1. The fourth-order valence-corrected chi connectivity index (χ4v) is 2.82. The lowest BCUT2D eigenvalue weighted by atomic mass is 9.98. The summed E-state index contributed by atoms with van der Waals surface area (Å²) in [5.41, 5.74) is 5.13. The van der Waals surface area contributed by atoms with Crippen molar-refractivity contribution in [2.75, 3.05) is 12.0 Å². The Bertz CT molecular complexity index is 459. The molecule has 1 fully saturated rings. The number of aryl methyl sites for hydroxylation is 1. The summed E-state index contributed by atoms with van der Waals surface area (Å²) in [4.78, 5) is 12.1. The van der Waals surface area contributed by atoms with Crippen LogP contribution in [0, 0.1) is 18.8 Å². The average Bonchev–Trinajstić information content (AvgIpc) is 2.81. The topological polar surface area (TPSA) is 67.2 Å². The molecule has 0 aliphatic heterocycles. The Balaban J connectivity index is 1.94. The molecule has 1 aromatic carbocycles. The Kier molecular flexibility index (Phi) is 4.43. The number of carbonyl (C=O) groups excluding carboxylic acids is 1. The van der Waals surface area contributed by atoms with Gasteiger partial charge in [-0.2, -0.15) is 0 Å². The maximum atomic E-state index is 12.1. The van der Waals surface area contributed by atoms with Crippen LogP contribution in [0.3, 0.4) is 0 Å². The van der Waals surface area contributed by atoms with Gasteiger partial charge in [-0.1, -0.05) is 19.8 Å². The normalized spacial score (nSPS) is 22.3. The minimum absolute atomic E-state index is 0.00534. The number of benzene rings is 1. The molecule has 104 valence electrons. The molecule has 1 amide bonds. The third-order valence-electron chi connectivity index (χ3n) is 4.21. The van der Waals surface area contributed by atoms with E-state index in [9.17, 15) is 4.79 Å². The minimum Gasteiger partial charge on any atom is -0.352 e. The largest absolute Gasteiger partial charge is 0.352 e. The van der Waals surface area contributed by atoms with E-state index >= 15 is 0 Å². The lowest BCUT2D eigenvalue weighted by Gasteiger charge is -2.16. The number of carbonyl (C=O) groups is 1. The summed E-state index contributed by atoms with van der Waals surface area (Å²) in [5, 5.41) is 3.05. The fourth-order valence-electron chi connectivity index (χ4n) is 2.82. The summed E-state index contributed by atoms with van der Waals surface area (Å²) in [7, 11) is 0. The van der Waals surface area contributed by atoms with Gasteiger partial charge in [0.05, 0.1) is 5.69 Å². The number of nitrogen functional groups attached to an aromatic ring is 1. The quantitative estimate of drug-likeness (QED) is 0.576. The third kappa shape index (κ3) is 3.26. The molecule has 0 bridgehead atoms. The smallest absolute Gasteiger partial charge is 0.251 e. The van der Waals surface area contributed by atoms with E-state index in [0.717, 1.165) is 23.7 Å². The highest BCUT2D eigenvalue weighted by Crippen LogP contribution is 2.30. The van der Waals surface area contributed by atoms with Gasteiger partial charge in [-0.3, -0.25) is 10.6 Å². The number of hydrogen-bond donors (Lipinski definition) is 3. The van der Waals surface area contributed by atoms with Crippen molar-refractivity contribution in [2.45, 2.75) is 33.1 Å². The zero-order valence-corrected chi connectivity index (χ0v) is 11.7. The van der Waals surface area contributed by atoms with Crippen LogP contribution < -0.4 is 16.6 Å². The van der Waals surface area contributed by atoms with Crippen molar-refractivity contribution < 1.29 is 4.79 Å². The maximum Gasteiger partial charge on any atom is 0.251 e. The molecule has 1 aliphatic carbocycles. The van der Waals surface area contributed by atoms with Crippen LogP contribution in [0.25, 0.3) is 0 Å². The molecule has 4 nitrogen and oxygen atoms in total. The van der Waals surface area contributed by atoms with E-state index in [1.807, 2.05) is 19.1 Å². The second kappa shape index (κ2) is 6.06. The molecule has 4 N–H and O–H groups in total. The van der Waals surface area contributed by atoms with Crippen molar-refractivity contribution in [3.63, 3.8) is 0 Å². The standard InChI is InChI=1S/C15H23N3O/c1-10-4-3-5-13(10)9-17-15(19)12-6-7-14(18-16)11(2)8-12/h6-8,10,13,18H,3-5,9,16H2,1-2H3,(H,17,19). The molecule has 2 rings (SSSR count). The SMILES string of the molecule is Cc1cc(C(=O)NCC2CCCC2C)ccc1NN. The second-order valence-corrected chi connectivity index (χ2v) is 5.55. The molecule has 0 heterocycles. The fraction of sp³-hybridized carbons (Fsp3) is 0.533. The van der Waals surface area contributed by atoms with Crippen molar-refractivity contribution in [1.29, 1.82) is 0 Å². The monoisotopic (exact) mass is 261 g/mol. The molecule has 1 aliphatic rings. The van der Waals surface area contributed by atoms with Crippen LogP contribution in [0.2, 0.25) is 0 Å². The molecule has 1 saturated carbocycles. The Labute approximate surface area is 114 Å². The Morgan fingerprint density at radius 1 is 1.42 bits per heavy atom. The molecular formula is C15H23N3O. The molecule has 0 spiro atoms. The number of hydrogen-bond acceptors (Lipinski definition) is 3. The van der Waals surface area contributed by atoms with Crippen LogP contribution in [0.5, 0.6) is 0 Å². The van der Waals surface area contributed by atoms with Crippen molar-refractivity contribution in [1.82, 2.24) is 5.32 Å². The number of nitrogens with one attached hydrogen (secondary N) is 2. The van der Waals surface area contributed by atoms with Gasteiger partial charge in [0, 0.05) is 12.1 Å². The second-order valence-electron chi connectivity index (χ2n) is 5.55. The van der Waals surface area contributed by atoms with E-state index in [0.29, 0.717) is 11.5 Å². The molecule has 0 saturated heterocycles. The van der Waals surface area contributed by atoms with Crippen LogP contribution in [0.4, 0.5) is 5.69 Å². The van der Waals surface area contributed by atoms with Crippen LogP contribution in [-0.2, 0) is 0 Å². The molecule has 0 radical (unpaired) electrons. The van der Waals surface area contributed by atoms with Gasteiger partial charge in [0.2, 0.25) is 0 Å². The number of rotatable bonds is 4. The summed E-state index contributed by atoms with van der Waals surface area (Å²) in [5.74, 6) is 6.75. The highest BCUT2D eigenvalue weighted by Gasteiger charge is 2.23. The lowest BCUT2D eigenvalue weighted by molar-refractivity contribution is 0.0944. The van der Waals surface area contributed by atoms with Gasteiger partial charge in [0.15, 0.2) is 0 Å². The zero-order chi connectivity index (χ0) is 13.8. The number of nitrogens with two attached hydrogens (primary N) is 1. The molecule has 2 atom stereocenters. The summed E-state index contributed by atoms with van der Waals surface area (Å²) in [6.45, 7) is 5.00. The molecule has 0 aromatic heterocycles. The van der Waals surface area contributed by atoms with Crippen molar-refractivity contribution in [2.24, 2.45) is 17.7 Å². The first-order valence-electron chi connectivity index (χ1n) is 6.97. The van der Waals surface area contributed by atoms with Crippen molar-refractivity contribution >= 4 is 11.6 Å². The number of amides is 1. The number of anilines is 1. The third-order valence-corrected chi connectivity index (χ3v) is 4.21. The first kappa shape index (κ1) is 13.9. The Morgan fingerprint density at radius 3 is 2.79 bits per heavy atom. The van der Waals surface area contributed by atoms with Gasteiger partial charge < -0.3 is 10.7 Å². The molecule has 4 heteroatoms. The van der Waals surface area contributed by atoms with E-state index in [4.69, 9.17) is 5.84 Å². The van der Waals surface area contributed by atoms with E-state index < -0.39 is 0 Å². The van der Waals surface area contributed by atoms with Gasteiger partial charge in [0.1, 0.15) is 0 Å². The predicted octanol–water partition coefficient (Wildman–Crippen LogP) is 2.45. The van der Waals surface area contributed by atoms with Crippen LogP contribution in [0.15, 0.2) is 18.2 Å². The van der Waals surface area contributed by atoms with Crippen LogP contribution >= 0.6 is 0 Å². The zero-order valence-electron chi connectivity index (χ0n) is 11.7. The highest BCUT2D eigenvalue weighted by molar-refractivity contribution is 5.94. The summed E-state index contributed by atoms with van der Waals surface area (Å²) in [6.07, 6.45) is 3.81. The molecule has 1 aromatic rings.